The smallest absolute Gasteiger partial charge is 0.169 e. The molecule has 5 aliphatic rings. The Labute approximate surface area is 143 Å². The number of Topliss-reactive ketones (excluding diaryl/α,β-unsaturated/α-hetero) is 1. The lowest BCUT2D eigenvalue weighted by Gasteiger charge is -2.56. The minimum absolute atomic E-state index is 0.176. The van der Waals surface area contributed by atoms with Gasteiger partial charge in [-0.15, -0.1) is 0 Å². The highest BCUT2D eigenvalue weighted by Gasteiger charge is 2.60. The first kappa shape index (κ1) is 15.5. The number of fused-ring (bicyclic) bond motifs is 5. The number of carbonyl (C=O) groups is 1. The molecule has 0 aromatic carbocycles. The molecule has 1 N–H and O–H groups in total. The summed E-state index contributed by atoms with van der Waals surface area (Å²) in [5, 5.41) is 11.6. The van der Waals surface area contributed by atoms with Gasteiger partial charge in [0.25, 0.3) is 0 Å². The van der Waals surface area contributed by atoms with Gasteiger partial charge in [-0.2, -0.15) is 0 Å². The van der Waals surface area contributed by atoms with E-state index in [-0.39, 0.29) is 11.3 Å². The highest BCUT2D eigenvalue weighted by Crippen LogP contribution is 2.61. The number of allylic oxidation sites excluding steroid dienone is 1. The van der Waals surface area contributed by atoms with Crippen molar-refractivity contribution in [2.24, 2.45) is 23.2 Å². The lowest BCUT2D eigenvalue weighted by atomic mass is 9.52. The first-order valence-corrected chi connectivity index (χ1v) is 9.71. The Morgan fingerprint density at radius 2 is 1.96 bits per heavy atom. The van der Waals surface area contributed by atoms with Crippen LogP contribution >= 0.6 is 0 Å². The topological polar surface area (TPSA) is 55.8 Å². The zero-order valence-corrected chi connectivity index (χ0v) is 14.6. The van der Waals surface area contributed by atoms with Crippen molar-refractivity contribution in [3.63, 3.8) is 0 Å². The molecule has 1 spiro atoms. The SMILES string of the molecule is C[C@]12CC=C3[C@@H](CCC4CC5(CC[C@@]34O)OCCO5)[C@@H]1CCC2=O. The predicted molar refractivity (Wildman–Crippen MR) is 88.2 cm³/mol. The van der Waals surface area contributed by atoms with E-state index in [0.29, 0.717) is 30.8 Å². The van der Waals surface area contributed by atoms with Gasteiger partial charge in [0.05, 0.1) is 18.8 Å². The van der Waals surface area contributed by atoms with E-state index in [4.69, 9.17) is 9.47 Å². The van der Waals surface area contributed by atoms with Crippen LogP contribution in [0.5, 0.6) is 0 Å². The van der Waals surface area contributed by atoms with Crippen LogP contribution in [0.25, 0.3) is 0 Å². The average molecular weight is 332 g/mol. The normalized spacial score (nSPS) is 49.5. The molecule has 4 nitrogen and oxygen atoms in total. The molecule has 1 aliphatic heterocycles. The predicted octanol–water partition coefficient (Wildman–Crippen LogP) is 2.99. The molecule has 4 aliphatic carbocycles. The number of ether oxygens (including phenoxy) is 2. The molecule has 1 heterocycles. The van der Waals surface area contributed by atoms with Gasteiger partial charge >= 0.3 is 0 Å². The second-order valence-electron chi connectivity index (χ2n) is 8.97. The first-order chi connectivity index (χ1) is 11.5. The van der Waals surface area contributed by atoms with Crippen molar-refractivity contribution in [3.8, 4) is 0 Å². The quantitative estimate of drug-likeness (QED) is 0.693. The van der Waals surface area contributed by atoms with E-state index in [1.54, 1.807) is 0 Å². The maximum atomic E-state index is 12.4. The highest BCUT2D eigenvalue weighted by molar-refractivity contribution is 5.87. The molecule has 0 amide bonds. The van der Waals surface area contributed by atoms with Crippen molar-refractivity contribution in [2.75, 3.05) is 13.2 Å². The van der Waals surface area contributed by atoms with Crippen molar-refractivity contribution in [1.29, 1.82) is 0 Å². The van der Waals surface area contributed by atoms with Gasteiger partial charge < -0.3 is 14.6 Å². The van der Waals surface area contributed by atoms with E-state index in [1.807, 2.05) is 0 Å². The van der Waals surface area contributed by atoms with E-state index in [1.165, 1.54) is 5.57 Å². The highest BCUT2D eigenvalue weighted by atomic mass is 16.7. The third kappa shape index (κ3) is 1.88. The van der Waals surface area contributed by atoms with Crippen LogP contribution in [-0.4, -0.2) is 35.5 Å². The van der Waals surface area contributed by atoms with Gasteiger partial charge in [0.1, 0.15) is 5.78 Å². The molecular formula is C20H28O4. The fourth-order valence-electron chi connectivity index (χ4n) is 6.64. The summed E-state index contributed by atoms with van der Waals surface area (Å²) in [7, 11) is 0. The molecule has 3 saturated carbocycles. The second-order valence-corrected chi connectivity index (χ2v) is 8.97. The van der Waals surface area contributed by atoms with Crippen molar-refractivity contribution in [2.45, 2.75) is 69.7 Å². The third-order valence-electron chi connectivity index (χ3n) is 8.03. The minimum atomic E-state index is -0.698. The summed E-state index contributed by atoms with van der Waals surface area (Å²) < 4.78 is 11.8. The van der Waals surface area contributed by atoms with E-state index < -0.39 is 11.4 Å². The van der Waals surface area contributed by atoms with E-state index >= 15 is 0 Å². The van der Waals surface area contributed by atoms with Crippen molar-refractivity contribution < 1.29 is 19.4 Å². The molecule has 0 aromatic rings. The van der Waals surface area contributed by atoms with Gasteiger partial charge in [0, 0.05) is 24.7 Å². The van der Waals surface area contributed by atoms with E-state index in [2.05, 4.69) is 13.0 Å². The standard InChI is InChI=1S/C20H28O4/c1-18-7-6-16-14(15(18)4-5-17(18)21)3-2-13-12-19(23-10-11-24-19)8-9-20(13,16)22/h6,13-15,22H,2-5,7-12H2,1H3/t13?,14-,15-,18-,20-/m0/s1. The van der Waals surface area contributed by atoms with Gasteiger partial charge in [-0.25, -0.2) is 0 Å². The molecular weight excluding hydrogens is 304 g/mol. The lowest BCUT2D eigenvalue weighted by Crippen LogP contribution is -2.56. The molecule has 0 radical (unpaired) electrons. The number of ketones is 1. The van der Waals surface area contributed by atoms with Gasteiger partial charge in [0.15, 0.2) is 5.79 Å². The van der Waals surface area contributed by atoms with Gasteiger partial charge in [-0.3, -0.25) is 4.79 Å². The van der Waals surface area contributed by atoms with E-state index in [9.17, 15) is 9.90 Å². The van der Waals surface area contributed by atoms with Crippen molar-refractivity contribution in [3.05, 3.63) is 11.6 Å². The molecule has 4 fully saturated rings. The Kier molecular flexibility index (Phi) is 3.19. The zero-order chi connectivity index (χ0) is 16.6. The summed E-state index contributed by atoms with van der Waals surface area (Å²) in [6, 6.07) is 0. The minimum Gasteiger partial charge on any atom is -0.385 e. The van der Waals surface area contributed by atoms with Gasteiger partial charge in [0.2, 0.25) is 0 Å². The average Bonchev–Trinajstić information content (AvgIpc) is 3.14. The van der Waals surface area contributed by atoms with Crippen LogP contribution < -0.4 is 0 Å². The van der Waals surface area contributed by atoms with Crippen LogP contribution in [0.15, 0.2) is 11.6 Å². The fraction of sp³-hybridized carbons (Fsp3) is 0.850. The van der Waals surface area contributed by atoms with Crippen LogP contribution in [-0.2, 0) is 14.3 Å². The number of hydrogen-bond acceptors (Lipinski definition) is 4. The Balaban J connectivity index is 1.47. The van der Waals surface area contributed by atoms with Gasteiger partial charge in [-0.1, -0.05) is 13.0 Å². The monoisotopic (exact) mass is 332 g/mol. The Bertz CT molecular complexity index is 605. The molecule has 132 valence electrons. The summed E-state index contributed by atoms with van der Waals surface area (Å²) in [6.07, 6.45) is 9.24. The number of rotatable bonds is 0. The summed E-state index contributed by atoms with van der Waals surface area (Å²) in [5.74, 6) is 1.07. The Hall–Kier alpha value is -0.710. The number of aliphatic hydroxyl groups is 1. The molecule has 1 saturated heterocycles. The number of carbonyl (C=O) groups excluding carboxylic acids is 1. The second kappa shape index (κ2) is 4.93. The van der Waals surface area contributed by atoms with Crippen LogP contribution in [0.4, 0.5) is 0 Å². The lowest BCUT2D eigenvalue weighted by molar-refractivity contribution is -0.222. The van der Waals surface area contributed by atoms with Gasteiger partial charge in [-0.05, 0) is 55.4 Å². The summed E-state index contributed by atoms with van der Waals surface area (Å²) in [6.45, 7) is 3.52. The molecule has 1 unspecified atom stereocenters. The van der Waals surface area contributed by atoms with Crippen LogP contribution in [0, 0.1) is 23.2 Å². The number of hydrogen-bond donors (Lipinski definition) is 1. The molecule has 24 heavy (non-hydrogen) atoms. The molecule has 5 rings (SSSR count). The molecule has 4 heteroatoms. The molecule has 0 bridgehead atoms. The van der Waals surface area contributed by atoms with Crippen LogP contribution in [0.3, 0.4) is 0 Å². The third-order valence-corrected chi connectivity index (χ3v) is 8.03. The maximum absolute atomic E-state index is 12.4. The van der Waals surface area contributed by atoms with Crippen LogP contribution in [0.2, 0.25) is 0 Å². The summed E-state index contributed by atoms with van der Waals surface area (Å²) in [4.78, 5) is 12.4. The zero-order valence-electron chi connectivity index (χ0n) is 14.6. The van der Waals surface area contributed by atoms with Crippen molar-refractivity contribution >= 4 is 5.78 Å². The maximum Gasteiger partial charge on any atom is 0.169 e. The fourth-order valence-corrected chi connectivity index (χ4v) is 6.64. The Morgan fingerprint density at radius 3 is 2.75 bits per heavy atom. The molecule has 5 atom stereocenters. The van der Waals surface area contributed by atoms with Crippen molar-refractivity contribution in [1.82, 2.24) is 0 Å². The summed E-state index contributed by atoms with van der Waals surface area (Å²) >= 11 is 0. The summed E-state index contributed by atoms with van der Waals surface area (Å²) in [5.41, 5.74) is 0.380. The largest absolute Gasteiger partial charge is 0.385 e. The first-order valence-electron chi connectivity index (χ1n) is 9.71. The van der Waals surface area contributed by atoms with Crippen LogP contribution in [0.1, 0.15) is 58.3 Å². The van der Waals surface area contributed by atoms with E-state index in [0.717, 1.165) is 51.4 Å². The molecule has 0 aromatic heterocycles. The Morgan fingerprint density at radius 1 is 1.17 bits per heavy atom.